The summed E-state index contributed by atoms with van der Waals surface area (Å²) >= 11 is 0. The first-order chi connectivity index (χ1) is 12.4. The Morgan fingerprint density at radius 2 is 1.80 bits per heavy atom. The van der Waals surface area contributed by atoms with Gasteiger partial charge in [0.2, 0.25) is 5.95 Å². The normalized spacial score (nSPS) is 15.5. The summed E-state index contributed by atoms with van der Waals surface area (Å²) < 4.78 is 11.3. The van der Waals surface area contributed by atoms with Gasteiger partial charge in [0, 0.05) is 19.8 Å². The van der Waals surface area contributed by atoms with Crippen molar-refractivity contribution in [1.82, 2.24) is 9.97 Å². The van der Waals surface area contributed by atoms with Gasteiger partial charge in [-0.15, -0.1) is 0 Å². The molecular formula is C20H23N3O2. The van der Waals surface area contributed by atoms with Gasteiger partial charge in [-0.1, -0.05) is 36.4 Å². The number of para-hydroxylation sites is 2. The molecule has 0 spiro atoms. The molecule has 0 radical (unpaired) electrons. The maximum absolute atomic E-state index is 5.96. The number of anilines is 1. The Labute approximate surface area is 147 Å². The number of benzene rings is 2. The molecule has 0 amide bonds. The van der Waals surface area contributed by atoms with Crippen molar-refractivity contribution in [1.29, 1.82) is 0 Å². The second-order valence-corrected chi connectivity index (χ2v) is 6.40. The smallest absolute Gasteiger partial charge is 0.201 e. The summed E-state index contributed by atoms with van der Waals surface area (Å²) in [5.41, 5.74) is 4.45. The Hall–Kier alpha value is -2.37. The van der Waals surface area contributed by atoms with Crippen molar-refractivity contribution < 1.29 is 9.47 Å². The molecule has 0 bridgehead atoms. The molecule has 2 aromatic carbocycles. The Morgan fingerprint density at radius 3 is 2.60 bits per heavy atom. The number of aromatic nitrogens is 2. The summed E-state index contributed by atoms with van der Waals surface area (Å²) in [5.74, 6) is 0.799. The fraction of sp³-hybridized carbons (Fsp3) is 0.350. The number of rotatable bonds is 6. The highest BCUT2D eigenvalue weighted by atomic mass is 16.5. The van der Waals surface area contributed by atoms with E-state index in [1.54, 1.807) is 0 Å². The molecule has 4 rings (SSSR count). The van der Waals surface area contributed by atoms with Crippen LogP contribution in [-0.2, 0) is 22.6 Å². The molecule has 1 aliphatic heterocycles. The van der Waals surface area contributed by atoms with Crippen LogP contribution in [-0.4, -0.2) is 29.3 Å². The fourth-order valence-electron chi connectivity index (χ4n) is 3.03. The lowest BCUT2D eigenvalue weighted by molar-refractivity contribution is -0.0390. The molecule has 0 aliphatic carbocycles. The van der Waals surface area contributed by atoms with Crippen LogP contribution in [0.5, 0.6) is 0 Å². The van der Waals surface area contributed by atoms with Crippen LogP contribution >= 0.6 is 0 Å². The van der Waals surface area contributed by atoms with Crippen molar-refractivity contribution in [2.75, 3.05) is 18.5 Å². The summed E-state index contributed by atoms with van der Waals surface area (Å²) in [6.45, 7) is 3.04. The van der Waals surface area contributed by atoms with Crippen molar-refractivity contribution in [3.8, 4) is 0 Å². The number of aromatic amines is 1. The zero-order valence-corrected chi connectivity index (χ0v) is 14.2. The van der Waals surface area contributed by atoms with Crippen molar-refractivity contribution >= 4 is 17.0 Å². The lowest BCUT2D eigenvalue weighted by Gasteiger charge is -2.22. The molecule has 0 unspecified atom stereocenters. The Bertz CT molecular complexity index is 774. The summed E-state index contributed by atoms with van der Waals surface area (Å²) in [6.07, 6.45) is 2.34. The molecule has 5 heteroatoms. The van der Waals surface area contributed by atoms with E-state index >= 15 is 0 Å². The monoisotopic (exact) mass is 337 g/mol. The van der Waals surface area contributed by atoms with Gasteiger partial charge in [-0.25, -0.2) is 4.98 Å². The van der Waals surface area contributed by atoms with E-state index in [1.165, 1.54) is 11.1 Å². The first kappa shape index (κ1) is 16.1. The molecular weight excluding hydrogens is 314 g/mol. The lowest BCUT2D eigenvalue weighted by Crippen LogP contribution is -2.23. The van der Waals surface area contributed by atoms with Gasteiger partial charge in [0.1, 0.15) is 0 Å². The highest BCUT2D eigenvalue weighted by molar-refractivity contribution is 5.77. The van der Waals surface area contributed by atoms with E-state index in [2.05, 4.69) is 39.6 Å². The van der Waals surface area contributed by atoms with Crippen molar-refractivity contribution in [2.45, 2.75) is 32.1 Å². The van der Waals surface area contributed by atoms with E-state index in [9.17, 15) is 0 Å². The van der Waals surface area contributed by atoms with Crippen LogP contribution in [0.15, 0.2) is 48.5 Å². The minimum absolute atomic E-state index is 0.336. The number of hydrogen-bond donors (Lipinski definition) is 2. The standard InChI is InChI=1S/C20H23N3O2/c1-2-4-19-18(3-1)22-20(23-19)21-13-15-5-7-16(8-6-15)14-25-17-9-11-24-12-10-17/h1-8,17H,9-14H2,(H2,21,22,23). The minimum Gasteiger partial charge on any atom is -0.381 e. The topological polar surface area (TPSA) is 59.2 Å². The summed E-state index contributed by atoms with van der Waals surface area (Å²) in [5, 5.41) is 3.34. The van der Waals surface area contributed by atoms with Crippen LogP contribution in [0.3, 0.4) is 0 Å². The number of H-pyrrole nitrogens is 1. The zero-order valence-electron chi connectivity index (χ0n) is 14.2. The Kier molecular flexibility index (Phi) is 4.95. The summed E-state index contributed by atoms with van der Waals surface area (Å²) in [7, 11) is 0. The van der Waals surface area contributed by atoms with Crippen LogP contribution in [0.25, 0.3) is 11.0 Å². The molecule has 0 saturated carbocycles. The molecule has 1 saturated heterocycles. The third kappa shape index (κ3) is 4.18. The van der Waals surface area contributed by atoms with Gasteiger partial charge >= 0.3 is 0 Å². The van der Waals surface area contributed by atoms with Crippen molar-refractivity contribution in [3.63, 3.8) is 0 Å². The van der Waals surface area contributed by atoms with Crippen LogP contribution in [0.2, 0.25) is 0 Å². The highest BCUT2D eigenvalue weighted by Crippen LogP contribution is 2.16. The average Bonchev–Trinajstić information content (AvgIpc) is 3.09. The average molecular weight is 337 g/mol. The number of imidazole rings is 1. The second kappa shape index (κ2) is 7.68. The van der Waals surface area contributed by atoms with Gasteiger partial charge in [0.25, 0.3) is 0 Å². The quantitative estimate of drug-likeness (QED) is 0.717. The zero-order chi connectivity index (χ0) is 16.9. The summed E-state index contributed by atoms with van der Waals surface area (Å²) in [4.78, 5) is 7.81. The van der Waals surface area contributed by atoms with Gasteiger partial charge in [-0.3, -0.25) is 0 Å². The first-order valence-corrected chi connectivity index (χ1v) is 8.82. The SMILES string of the molecule is c1ccc2[nH]c(NCc3ccc(COC4CCOCC4)cc3)nc2c1. The Morgan fingerprint density at radius 1 is 1.04 bits per heavy atom. The predicted molar refractivity (Wildman–Crippen MR) is 98.5 cm³/mol. The van der Waals surface area contributed by atoms with Gasteiger partial charge < -0.3 is 19.8 Å². The molecule has 1 aromatic heterocycles. The number of ether oxygens (including phenoxy) is 2. The summed E-state index contributed by atoms with van der Waals surface area (Å²) in [6, 6.07) is 16.6. The third-order valence-corrected chi connectivity index (χ3v) is 4.53. The minimum atomic E-state index is 0.336. The van der Waals surface area contributed by atoms with Crippen LogP contribution in [0, 0.1) is 0 Å². The van der Waals surface area contributed by atoms with E-state index in [4.69, 9.17) is 9.47 Å². The number of hydrogen-bond acceptors (Lipinski definition) is 4. The molecule has 3 aromatic rings. The maximum Gasteiger partial charge on any atom is 0.201 e. The van der Waals surface area contributed by atoms with Crippen LogP contribution in [0.1, 0.15) is 24.0 Å². The fourth-order valence-corrected chi connectivity index (χ4v) is 3.03. The van der Waals surface area contributed by atoms with Crippen molar-refractivity contribution in [2.24, 2.45) is 0 Å². The second-order valence-electron chi connectivity index (χ2n) is 6.40. The first-order valence-electron chi connectivity index (χ1n) is 8.82. The van der Waals surface area contributed by atoms with E-state index < -0.39 is 0 Å². The molecule has 25 heavy (non-hydrogen) atoms. The number of nitrogens with one attached hydrogen (secondary N) is 2. The molecule has 130 valence electrons. The van der Waals surface area contributed by atoms with Gasteiger partial charge in [-0.2, -0.15) is 0 Å². The molecule has 5 nitrogen and oxygen atoms in total. The molecule has 0 atom stereocenters. The largest absolute Gasteiger partial charge is 0.381 e. The van der Waals surface area contributed by atoms with Crippen LogP contribution in [0.4, 0.5) is 5.95 Å². The maximum atomic E-state index is 5.96. The van der Waals surface area contributed by atoms with E-state index in [-0.39, 0.29) is 0 Å². The Balaban J connectivity index is 1.29. The lowest BCUT2D eigenvalue weighted by atomic mass is 10.1. The highest BCUT2D eigenvalue weighted by Gasteiger charge is 2.13. The molecule has 1 fully saturated rings. The van der Waals surface area contributed by atoms with E-state index in [1.807, 2.05) is 24.3 Å². The third-order valence-electron chi connectivity index (χ3n) is 4.53. The van der Waals surface area contributed by atoms with Gasteiger partial charge in [-0.05, 0) is 36.1 Å². The van der Waals surface area contributed by atoms with E-state index in [0.717, 1.165) is 49.6 Å². The molecule has 2 N–H and O–H groups in total. The van der Waals surface area contributed by atoms with Gasteiger partial charge in [0.15, 0.2) is 0 Å². The number of fused-ring (bicyclic) bond motifs is 1. The van der Waals surface area contributed by atoms with E-state index in [0.29, 0.717) is 12.7 Å². The molecule has 2 heterocycles. The molecule has 1 aliphatic rings. The number of nitrogens with zero attached hydrogens (tertiary/aromatic N) is 1. The predicted octanol–water partition coefficient (Wildman–Crippen LogP) is 3.87. The van der Waals surface area contributed by atoms with Gasteiger partial charge in [0.05, 0.1) is 23.7 Å². The van der Waals surface area contributed by atoms with Crippen LogP contribution < -0.4 is 5.32 Å². The van der Waals surface area contributed by atoms with Crippen molar-refractivity contribution in [3.05, 3.63) is 59.7 Å².